The Morgan fingerprint density at radius 3 is 2.34 bits per heavy atom. The normalized spacial score (nSPS) is 11.7. The first-order chi connectivity index (χ1) is 16.6. The molecule has 35 heavy (non-hydrogen) atoms. The fourth-order valence-corrected chi connectivity index (χ4v) is 4.81. The zero-order valence-corrected chi connectivity index (χ0v) is 20.9. The van der Waals surface area contributed by atoms with Gasteiger partial charge >= 0.3 is 0 Å². The van der Waals surface area contributed by atoms with E-state index in [1.165, 1.54) is 42.5 Å². The summed E-state index contributed by atoms with van der Waals surface area (Å²) in [6.07, 6.45) is 1.13. The maximum atomic E-state index is 13.2. The van der Waals surface area contributed by atoms with Gasteiger partial charge in [0.15, 0.2) is 0 Å². The number of halogens is 3. The lowest BCUT2D eigenvalue weighted by Crippen LogP contribution is -2.39. The number of nitro benzene ring substituents is 1. The number of carbonyl (C=O) groups excluding carboxylic acids is 1. The molecule has 1 N–H and O–H groups in total. The standard InChI is InChI=1S/C22H17Cl3N4O5S/c23-19-9-7-17(29(31)32)11-16(19)12-26-27-22(30)14-28(13-15-6-8-20(24)21(25)10-15)35(33,34)18-4-2-1-3-5-18/h1-12H,13-14H2,(H,27,30)/b26-12-. The molecule has 0 aliphatic carbocycles. The third kappa shape index (κ3) is 7.00. The van der Waals surface area contributed by atoms with Gasteiger partial charge in [-0.1, -0.05) is 59.1 Å². The predicted octanol–water partition coefficient (Wildman–Crippen LogP) is 4.90. The molecular formula is C22H17Cl3N4O5S. The zero-order valence-electron chi connectivity index (χ0n) is 17.8. The monoisotopic (exact) mass is 554 g/mol. The minimum Gasteiger partial charge on any atom is -0.272 e. The van der Waals surface area contributed by atoms with Crippen molar-refractivity contribution in [2.75, 3.05) is 6.54 Å². The Labute approximate surface area is 216 Å². The van der Waals surface area contributed by atoms with Crippen LogP contribution in [0.5, 0.6) is 0 Å². The highest BCUT2D eigenvalue weighted by atomic mass is 35.5. The van der Waals surface area contributed by atoms with E-state index >= 15 is 0 Å². The molecule has 0 bridgehead atoms. The number of hydrogen-bond donors (Lipinski definition) is 1. The summed E-state index contributed by atoms with van der Waals surface area (Å²) in [6, 6.07) is 16.0. The number of rotatable bonds is 9. The minimum absolute atomic E-state index is 0.000242. The topological polar surface area (TPSA) is 122 Å². The Hall–Kier alpha value is -3.02. The van der Waals surface area contributed by atoms with Gasteiger partial charge in [-0.2, -0.15) is 9.41 Å². The molecule has 0 aliphatic heterocycles. The Kier molecular flexibility index (Phi) is 8.82. The fourth-order valence-electron chi connectivity index (χ4n) is 2.92. The lowest BCUT2D eigenvalue weighted by molar-refractivity contribution is -0.384. The second-order valence-electron chi connectivity index (χ2n) is 7.09. The van der Waals surface area contributed by atoms with E-state index in [0.29, 0.717) is 10.6 Å². The molecule has 3 rings (SSSR count). The van der Waals surface area contributed by atoms with E-state index < -0.39 is 27.4 Å². The molecule has 1 amide bonds. The molecule has 13 heteroatoms. The van der Waals surface area contributed by atoms with E-state index in [1.54, 1.807) is 24.3 Å². The molecule has 0 fully saturated rings. The van der Waals surface area contributed by atoms with E-state index in [0.717, 1.165) is 10.5 Å². The molecular weight excluding hydrogens is 539 g/mol. The Morgan fingerprint density at radius 1 is 1.00 bits per heavy atom. The molecule has 9 nitrogen and oxygen atoms in total. The van der Waals surface area contributed by atoms with Crippen LogP contribution in [0.3, 0.4) is 0 Å². The van der Waals surface area contributed by atoms with Gasteiger partial charge in [0, 0.05) is 29.3 Å². The highest BCUT2D eigenvalue weighted by Gasteiger charge is 2.27. The van der Waals surface area contributed by atoms with Gasteiger partial charge in [-0.3, -0.25) is 14.9 Å². The van der Waals surface area contributed by atoms with Crippen molar-refractivity contribution in [3.63, 3.8) is 0 Å². The first kappa shape index (κ1) is 26.6. The van der Waals surface area contributed by atoms with Gasteiger partial charge in [0.1, 0.15) is 0 Å². The number of nitrogens with zero attached hydrogens (tertiary/aromatic N) is 3. The average Bonchev–Trinajstić information content (AvgIpc) is 2.82. The molecule has 0 spiro atoms. The maximum Gasteiger partial charge on any atom is 0.270 e. The van der Waals surface area contributed by atoms with Gasteiger partial charge in [0.05, 0.1) is 32.6 Å². The van der Waals surface area contributed by atoms with Crippen LogP contribution in [0, 0.1) is 10.1 Å². The lowest BCUT2D eigenvalue weighted by Gasteiger charge is -2.21. The van der Waals surface area contributed by atoms with E-state index in [2.05, 4.69) is 10.5 Å². The van der Waals surface area contributed by atoms with Gasteiger partial charge in [0.25, 0.3) is 11.6 Å². The van der Waals surface area contributed by atoms with Gasteiger partial charge in [-0.15, -0.1) is 0 Å². The van der Waals surface area contributed by atoms with Crippen LogP contribution in [0.25, 0.3) is 0 Å². The van der Waals surface area contributed by atoms with Crippen molar-refractivity contribution in [1.29, 1.82) is 0 Å². The van der Waals surface area contributed by atoms with Crippen LogP contribution in [-0.2, 0) is 21.4 Å². The summed E-state index contributed by atoms with van der Waals surface area (Å²) in [5.41, 5.74) is 2.72. The molecule has 0 saturated heterocycles. The smallest absolute Gasteiger partial charge is 0.270 e. The number of non-ortho nitro benzene ring substituents is 1. The molecule has 0 heterocycles. The molecule has 182 valence electrons. The third-order valence-electron chi connectivity index (χ3n) is 4.63. The molecule has 3 aromatic carbocycles. The van der Waals surface area contributed by atoms with Gasteiger partial charge in [0.2, 0.25) is 10.0 Å². The van der Waals surface area contributed by atoms with E-state index in [4.69, 9.17) is 34.8 Å². The van der Waals surface area contributed by atoms with Crippen molar-refractivity contribution >= 4 is 62.6 Å². The lowest BCUT2D eigenvalue weighted by atomic mass is 10.2. The van der Waals surface area contributed by atoms with Crippen LogP contribution in [-0.4, -0.2) is 36.3 Å². The Morgan fingerprint density at radius 2 is 1.69 bits per heavy atom. The van der Waals surface area contributed by atoms with Gasteiger partial charge in [-0.05, 0) is 35.9 Å². The first-order valence-corrected chi connectivity index (χ1v) is 12.4. The summed E-state index contributed by atoms with van der Waals surface area (Å²) in [5.74, 6) is -0.748. The van der Waals surface area contributed by atoms with Crippen molar-refractivity contribution < 1.29 is 18.1 Å². The van der Waals surface area contributed by atoms with Crippen molar-refractivity contribution in [3.05, 3.63) is 103 Å². The number of hydrazone groups is 1. The van der Waals surface area contributed by atoms with Crippen molar-refractivity contribution in [3.8, 4) is 0 Å². The second-order valence-corrected chi connectivity index (χ2v) is 10.3. The van der Waals surface area contributed by atoms with E-state index in [1.807, 2.05) is 0 Å². The zero-order chi connectivity index (χ0) is 25.6. The number of carbonyl (C=O) groups is 1. The summed E-state index contributed by atoms with van der Waals surface area (Å²) in [4.78, 5) is 22.9. The molecule has 0 unspecified atom stereocenters. The van der Waals surface area contributed by atoms with Crippen LogP contribution in [0.1, 0.15) is 11.1 Å². The van der Waals surface area contributed by atoms with Crippen molar-refractivity contribution in [2.24, 2.45) is 5.10 Å². The predicted molar refractivity (Wildman–Crippen MR) is 134 cm³/mol. The van der Waals surface area contributed by atoms with Crippen LogP contribution < -0.4 is 5.43 Å². The summed E-state index contributed by atoms with van der Waals surface area (Å²) in [6.45, 7) is -0.737. The molecule has 3 aromatic rings. The van der Waals surface area contributed by atoms with Crippen LogP contribution in [0.4, 0.5) is 5.69 Å². The summed E-state index contributed by atoms with van der Waals surface area (Å²) in [7, 11) is -4.07. The van der Waals surface area contributed by atoms with Gasteiger partial charge in [-0.25, -0.2) is 13.8 Å². The fraction of sp³-hybridized carbons (Fsp3) is 0.0909. The summed E-state index contributed by atoms with van der Waals surface area (Å²) >= 11 is 18.0. The molecule has 0 radical (unpaired) electrons. The Balaban J connectivity index is 1.81. The number of nitro groups is 1. The molecule has 0 saturated carbocycles. The van der Waals surface area contributed by atoms with Crippen LogP contribution >= 0.6 is 34.8 Å². The number of benzene rings is 3. The van der Waals surface area contributed by atoms with E-state index in [-0.39, 0.29) is 32.7 Å². The molecule has 0 aliphatic rings. The largest absolute Gasteiger partial charge is 0.272 e. The van der Waals surface area contributed by atoms with Crippen molar-refractivity contribution in [2.45, 2.75) is 11.4 Å². The summed E-state index contributed by atoms with van der Waals surface area (Å²) < 4.78 is 27.4. The molecule has 0 aromatic heterocycles. The number of nitrogens with one attached hydrogen (secondary N) is 1. The highest BCUT2D eigenvalue weighted by Crippen LogP contribution is 2.25. The highest BCUT2D eigenvalue weighted by molar-refractivity contribution is 7.89. The third-order valence-corrected chi connectivity index (χ3v) is 7.52. The number of hydrogen-bond acceptors (Lipinski definition) is 6. The second kappa shape index (κ2) is 11.6. The summed E-state index contributed by atoms with van der Waals surface area (Å²) in [5, 5.41) is 15.4. The number of sulfonamides is 1. The minimum atomic E-state index is -4.07. The molecule has 0 atom stereocenters. The van der Waals surface area contributed by atoms with Gasteiger partial charge < -0.3 is 0 Å². The van der Waals surface area contributed by atoms with Crippen LogP contribution in [0.15, 0.2) is 76.7 Å². The SMILES string of the molecule is O=C(CN(Cc1ccc(Cl)c(Cl)c1)S(=O)(=O)c1ccccc1)N/N=C\c1cc([N+](=O)[O-])ccc1Cl. The Bertz CT molecular complexity index is 1390. The number of amides is 1. The quantitative estimate of drug-likeness (QED) is 0.229. The maximum absolute atomic E-state index is 13.2. The van der Waals surface area contributed by atoms with Crippen LogP contribution in [0.2, 0.25) is 15.1 Å². The van der Waals surface area contributed by atoms with E-state index in [9.17, 15) is 23.3 Å². The van der Waals surface area contributed by atoms with Crippen molar-refractivity contribution in [1.82, 2.24) is 9.73 Å². The first-order valence-electron chi connectivity index (χ1n) is 9.83. The average molecular weight is 556 g/mol.